The summed E-state index contributed by atoms with van der Waals surface area (Å²) in [4.78, 5) is 13.3. The lowest BCUT2D eigenvalue weighted by molar-refractivity contribution is -0.140. The predicted molar refractivity (Wildman–Crippen MR) is 90.6 cm³/mol. The van der Waals surface area contributed by atoms with Crippen LogP contribution in [0.3, 0.4) is 0 Å². The number of halogens is 3. The van der Waals surface area contributed by atoms with E-state index in [-0.39, 0.29) is 6.54 Å². The van der Waals surface area contributed by atoms with Crippen molar-refractivity contribution in [1.82, 2.24) is 20.6 Å². The van der Waals surface area contributed by atoms with Crippen LogP contribution in [0.25, 0.3) is 0 Å². The molecule has 2 rings (SSSR count). The average Bonchev–Trinajstić information content (AvgIpc) is 3.10. The molecule has 0 saturated carbocycles. The molecule has 0 unspecified atom stereocenters. The van der Waals surface area contributed by atoms with E-state index in [1.165, 1.54) is 4.88 Å². The molecule has 2 heterocycles. The van der Waals surface area contributed by atoms with Gasteiger partial charge in [0.15, 0.2) is 11.7 Å². The summed E-state index contributed by atoms with van der Waals surface area (Å²) < 4.78 is 37.5. The second-order valence-electron chi connectivity index (χ2n) is 4.98. The number of alkyl halides is 3. The van der Waals surface area contributed by atoms with Crippen LogP contribution in [0.4, 0.5) is 13.2 Å². The number of aromatic nitrogens is 2. The maximum atomic E-state index is 12.5. The quantitative estimate of drug-likeness (QED) is 0.621. The van der Waals surface area contributed by atoms with Gasteiger partial charge >= 0.3 is 6.18 Å². The Balaban J connectivity index is 1.79. The number of hydrogen-bond acceptors (Lipinski definition) is 5. The standard InChI is InChI=1S/C14H18F3N5S2/c1-8-9(2)24-11(21-8)4-5-19-13(18-3)20-6-12-22-10(7-23-12)14(15,16)17/h7H,4-6H2,1-3H3,(H2,18,19,20). The van der Waals surface area contributed by atoms with Gasteiger partial charge in [0.1, 0.15) is 5.01 Å². The molecular formula is C14H18F3N5S2. The highest BCUT2D eigenvalue weighted by Gasteiger charge is 2.33. The van der Waals surface area contributed by atoms with Crippen LogP contribution in [-0.4, -0.2) is 29.5 Å². The van der Waals surface area contributed by atoms with E-state index in [0.29, 0.717) is 17.5 Å². The summed E-state index contributed by atoms with van der Waals surface area (Å²) in [6, 6.07) is 0. The SMILES string of the molecule is CN=C(NCCc1nc(C)c(C)s1)NCc1nc(C(F)(F)F)cs1. The fraction of sp³-hybridized carbons (Fsp3) is 0.500. The topological polar surface area (TPSA) is 62.2 Å². The largest absolute Gasteiger partial charge is 0.434 e. The van der Waals surface area contributed by atoms with Crippen molar-refractivity contribution in [2.45, 2.75) is 33.0 Å². The van der Waals surface area contributed by atoms with Crippen molar-refractivity contribution in [3.05, 3.63) is 31.7 Å². The maximum Gasteiger partial charge on any atom is 0.434 e. The van der Waals surface area contributed by atoms with E-state index >= 15 is 0 Å². The van der Waals surface area contributed by atoms with Crippen LogP contribution in [0.15, 0.2) is 10.4 Å². The van der Waals surface area contributed by atoms with Gasteiger partial charge in [0.2, 0.25) is 0 Å². The van der Waals surface area contributed by atoms with E-state index in [1.54, 1.807) is 18.4 Å². The molecule has 0 fully saturated rings. The number of aryl methyl sites for hydroxylation is 2. The van der Waals surface area contributed by atoms with Gasteiger partial charge in [0.25, 0.3) is 0 Å². The first-order chi connectivity index (χ1) is 11.3. The van der Waals surface area contributed by atoms with Crippen molar-refractivity contribution in [1.29, 1.82) is 0 Å². The summed E-state index contributed by atoms with van der Waals surface area (Å²) in [6.07, 6.45) is -3.64. The molecule has 2 aromatic rings. The summed E-state index contributed by atoms with van der Waals surface area (Å²) >= 11 is 2.63. The van der Waals surface area contributed by atoms with E-state index in [9.17, 15) is 13.2 Å². The van der Waals surface area contributed by atoms with Crippen molar-refractivity contribution in [2.75, 3.05) is 13.6 Å². The number of thiazole rings is 2. The molecule has 5 nitrogen and oxygen atoms in total. The first-order valence-electron chi connectivity index (χ1n) is 7.18. The van der Waals surface area contributed by atoms with Crippen LogP contribution in [0.2, 0.25) is 0 Å². The molecule has 0 aliphatic heterocycles. The lowest BCUT2D eigenvalue weighted by atomic mass is 10.4. The molecule has 0 bridgehead atoms. The molecule has 2 aromatic heterocycles. The van der Waals surface area contributed by atoms with Gasteiger partial charge in [-0.1, -0.05) is 0 Å². The van der Waals surface area contributed by atoms with Crippen molar-refractivity contribution in [3.63, 3.8) is 0 Å². The molecular weight excluding hydrogens is 359 g/mol. The van der Waals surface area contributed by atoms with Crippen LogP contribution < -0.4 is 10.6 Å². The summed E-state index contributed by atoms with van der Waals surface area (Å²) in [5.41, 5.74) is 0.184. The molecule has 0 aliphatic carbocycles. The molecule has 0 aliphatic rings. The smallest absolute Gasteiger partial charge is 0.356 e. The van der Waals surface area contributed by atoms with Crippen LogP contribution in [0.1, 0.15) is 26.3 Å². The zero-order valence-corrected chi connectivity index (χ0v) is 15.1. The van der Waals surface area contributed by atoms with E-state index < -0.39 is 11.9 Å². The first kappa shape index (κ1) is 18.7. The number of nitrogens with one attached hydrogen (secondary N) is 2. The monoisotopic (exact) mass is 377 g/mol. The third-order valence-electron chi connectivity index (χ3n) is 3.18. The molecule has 0 spiro atoms. The summed E-state index contributed by atoms with van der Waals surface area (Å²) in [6.45, 7) is 4.84. The van der Waals surface area contributed by atoms with Crippen LogP contribution >= 0.6 is 22.7 Å². The van der Waals surface area contributed by atoms with E-state index in [1.807, 2.05) is 13.8 Å². The fourth-order valence-corrected chi connectivity index (χ4v) is 3.51. The molecule has 0 saturated heterocycles. The van der Waals surface area contributed by atoms with Gasteiger partial charge in [-0.15, -0.1) is 22.7 Å². The Morgan fingerprint density at radius 1 is 1.21 bits per heavy atom. The van der Waals surface area contributed by atoms with Gasteiger partial charge < -0.3 is 10.6 Å². The highest BCUT2D eigenvalue weighted by Crippen LogP contribution is 2.29. The minimum atomic E-state index is -4.40. The summed E-state index contributed by atoms with van der Waals surface area (Å²) in [5.74, 6) is 0.517. The second kappa shape index (κ2) is 7.93. The second-order valence-corrected chi connectivity index (χ2v) is 7.21. The van der Waals surface area contributed by atoms with Crippen molar-refractivity contribution >= 4 is 28.6 Å². The Morgan fingerprint density at radius 2 is 1.96 bits per heavy atom. The number of hydrogen-bond donors (Lipinski definition) is 2. The zero-order chi connectivity index (χ0) is 17.7. The lowest BCUT2D eigenvalue weighted by Crippen LogP contribution is -2.37. The Labute approximate surface area is 146 Å². The van der Waals surface area contributed by atoms with Crippen molar-refractivity contribution in [3.8, 4) is 0 Å². The molecule has 0 radical (unpaired) electrons. The summed E-state index contributed by atoms with van der Waals surface area (Å²) in [7, 11) is 1.61. The number of rotatable bonds is 5. The van der Waals surface area contributed by atoms with Gasteiger partial charge in [-0.2, -0.15) is 13.2 Å². The van der Waals surface area contributed by atoms with Crippen molar-refractivity contribution < 1.29 is 13.2 Å². The molecule has 132 valence electrons. The van der Waals surface area contributed by atoms with Gasteiger partial charge in [-0.25, -0.2) is 9.97 Å². The molecule has 10 heteroatoms. The minimum Gasteiger partial charge on any atom is -0.356 e. The fourth-order valence-electron chi connectivity index (χ4n) is 1.84. The Kier molecular flexibility index (Phi) is 6.16. The van der Waals surface area contributed by atoms with Crippen LogP contribution in [0.5, 0.6) is 0 Å². The van der Waals surface area contributed by atoms with Crippen LogP contribution in [0, 0.1) is 13.8 Å². The van der Waals surface area contributed by atoms with Gasteiger partial charge in [0.05, 0.1) is 17.2 Å². The lowest BCUT2D eigenvalue weighted by Gasteiger charge is -2.10. The third-order valence-corrected chi connectivity index (χ3v) is 5.16. The molecule has 0 amide bonds. The first-order valence-corrected chi connectivity index (χ1v) is 8.88. The van der Waals surface area contributed by atoms with Crippen LogP contribution in [-0.2, 0) is 19.1 Å². The van der Waals surface area contributed by atoms with E-state index in [0.717, 1.165) is 33.8 Å². The number of aliphatic imine (C=N–C) groups is 1. The summed E-state index contributed by atoms with van der Waals surface area (Å²) in [5, 5.41) is 8.49. The number of nitrogens with zero attached hydrogens (tertiary/aromatic N) is 3. The maximum absolute atomic E-state index is 12.5. The molecule has 0 atom stereocenters. The average molecular weight is 377 g/mol. The Morgan fingerprint density at radius 3 is 2.50 bits per heavy atom. The highest BCUT2D eigenvalue weighted by molar-refractivity contribution is 7.11. The molecule has 2 N–H and O–H groups in total. The normalized spacial score (nSPS) is 12.5. The molecule has 0 aromatic carbocycles. The van der Waals surface area contributed by atoms with E-state index in [4.69, 9.17) is 0 Å². The van der Waals surface area contributed by atoms with Gasteiger partial charge in [-0.3, -0.25) is 4.99 Å². The van der Waals surface area contributed by atoms with E-state index in [2.05, 4.69) is 25.6 Å². The Hall–Kier alpha value is -1.68. The third kappa shape index (κ3) is 5.17. The zero-order valence-electron chi connectivity index (χ0n) is 13.5. The highest BCUT2D eigenvalue weighted by atomic mass is 32.1. The van der Waals surface area contributed by atoms with Gasteiger partial charge in [-0.05, 0) is 13.8 Å². The van der Waals surface area contributed by atoms with Gasteiger partial charge in [0, 0.05) is 30.3 Å². The van der Waals surface area contributed by atoms with Crippen molar-refractivity contribution in [2.24, 2.45) is 4.99 Å². The molecule has 24 heavy (non-hydrogen) atoms. The number of guanidine groups is 1. The predicted octanol–water partition coefficient (Wildman–Crippen LogP) is 3.14. The minimum absolute atomic E-state index is 0.190. The Bertz CT molecular complexity index is 686.